The fourth-order valence-electron chi connectivity index (χ4n) is 1.76. The van der Waals surface area contributed by atoms with Gasteiger partial charge in [0, 0.05) is 11.9 Å². The normalized spacial score (nSPS) is 11.3. The third kappa shape index (κ3) is 3.93. The van der Waals surface area contributed by atoms with Crippen molar-refractivity contribution < 1.29 is 13.2 Å². The number of nitrogens with zero attached hydrogens (tertiary/aromatic N) is 1. The number of nitrogen functional groups attached to an aromatic ring is 1. The number of nitrogens with two attached hydrogens (primary N) is 1. The number of pyridine rings is 1. The van der Waals surface area contributed by atoms with Crippen molar-refractivity contribution in [3.05, 3.63) is 48.3 Å². The molecule has 0 aliphatic carbocycles. The van der Waals surface area contributed by atoms with Gasteiger partial charge in [0.25, 0.3) is 0 Å². The zero-order valence-corrected chi connectivity index (χ0v) is 12.4. The maximum atomic E-state index is 12.4. The van der Waals surface area contributed by atoms with E-state index in [1.807, 2.05) is 0 Å². The van der Waals surface area contributed by atoms with E-state index in [2.05, 4.69) is 9.71 Å². The second kappa shape index (κ2) is 6.55. The van der Waals surface area contributed by atoms with Crippen LogP contribution in [-0.4, -0.2) is 20.0 Å². The Morgan fingerprint density at radius 3 is 2.76 bits per heavy atom. The lowest BCUT2D eigenvalue weighted by molar-refractivity contribution is 0.331. The first kappa shape index (κ1) is 15.3. The van der Waals surface area contributed by atoms with Gasteiger partial charge in [-0.2, -0.15) is 0 Å². The van der Waals surface area contributed by atoms with Crippen LogP contribution in [0.3, 0.4) is 0 Å². The average molecular weight is 307 g/mol. The van der Waals surface area contributed by atoms with Gasteiger partial charge in [-0.15, -0.1) is 0 Å². The van der Waals surface area contributed by atoms with E-state index in [1.165, 1.54) is 6.07 Å². The van der Waals surface area contributed by atoms with E-state index in [0.717, 1.165) is 0 Å². The zero-order valence-electron chi connectivity index (χ0n) is 11.6. The van der Waals surface area contributed by atoms with E-state index in [-0.39, 0.29) is 17.2 Å². The molecule has 0 aliphatic heterocycles. The number of sulfonamides is 1. The summed E-state index contributed by atoms with van der Waals surface area (Å²) in [6, 6.07) is 9.83. The van der Waals surface area contributed by atoms with Gasteiger partial charge >= 0.3 is 0 Å². The van der Waals surface area contributed by atoms with Gasteiger partial charge in [-0.25, -0.2) is 13.1 Å². The van der Waals surface area contributed by atoms with Crippen molar-refractivity contribution in [2.45, 2.75) is 18.4 Å². The highest BCUT2D eigenvalue weighted by Crippen LogP contribution is 2.26. The number of benzene rings is 1. The van der Waals surface area contributed by atoms with Crippen LogP contribution < -0.4 is 15.2 Å². The number of hydrogen-bond donors (Lipinski definition) is 2. The van der Waals surface area contributed by atoms with Gasteiger partial charge in [0.05, 0.1) is 18.8 Å². The summed E-state index contributed by atoms with van der Waals surface area (Å²) in [6.07, 6.45) is 1.61. The molecule has 21 heavy (non-hydrogen) atoms. The van der Waals surface area contributed by atoms with E-state index >= 15 is 0 Å². The Balaban J connectivity index is 2.24. The molecule has 0 amide bonds. The first-order valence-corrected chi connectivity index (χ1v) is 7.93. The van der Waals surface area contributed by atoms with Crippen LogP contribution in [0.2, 0.25) is 0 Å². The van der Waals surface area contributed by atoms with Crippen LogP contribution in [0.1, 0.15) is 12.6 Å². The van der Waals surface area contributed by atoms with Crippen molar-refractivity contribution in [2.24, 2.45) is 0 Å². The lowest BCUT2D eigenvalue weighted by atomic mass is 10.3. The third-order valence-corrected chi connectivity index (χ3v) is 4.15. The van der Waals surface area contributed by atoms with Gasteiger partial charge in [-0.3, -0.25) is 4.98 Å². The van der Waals surface area contributed by atoms with Crippen molar-refractivity contribution in [3.63, 3.8) is 0 Å². The maximum Gasteiger partial charge on any atom is 0.244 e. The van der Waals surface area contributed by atoms with Crippen LogP contribution >= 0.6 is 0 Å². The smallest absolute Gasteiger partial charge is 0.244 e. The van der Waals surface area contributed by atoms with Crippen molar-refractivity contribution in [1.82, 2.24) is 9.71 Å². The Hall–Kier alpha value is -2.12. The van der Waals surface area contributed by atoms with Crippen molar-refractivity contribution in [1.29, 1.82) is 0 Å². The molecule has 0 aliphatic rings. The van der Waals surface area contributed by atoms with Gasteiger partial charge in [-0.1, -0.05) is 6.07 Å². The Morgan fingerprint density at radius 1 is 1.29 bits per heavy atom. The third-order valence-electron chi connectivity index (χ3n) is 2.73. The molecule has 1 heterocycles. The molecule has 0 fully saturated rings. The van der Waals surface area contributed by atoms with Crippen LogP contribution in [0.4, 0.5) is 5.69 Å². The fourth-order valence-corrected chi connectivity index (χ4v) is 2.94. The fraction of sp³-hybridized carbons (Fsp3) is 0.214. The summed E-state index contributed by atoms with van der Waals surface area (Å²) >= 11 is 0. The molecule has 0 radical (unpaired) electrons. The molecule has 6 nitrogen and oxygen atoms in total. The second-order valence-electron chi connectivity index (χ2n) is 4.28. The molecule has 0 atom stereocenters. The van der Waals surface area contributed by atoms with Crippen molar-refractivity contribution in [2.75, 3.05) is 12.3 Å². The molecule has 3 N–H and O–H groups in total. The van der Waals surface area contributed by atoms with Gasteiger partial charge < -0.3 is 10.5 Å². The molecule has 1 aromatic carbocycles. The number of hydrogen-bond acceptors (Lipinski definition) is 5. The predicted octanol–water partition coefficient (Wildman–Crippen LogP) is 1.54. The first-order valence-electron chi connectivity index (χ1n) is 6.45. The predicted molar refractivity (Wildman–Crippen MR) is 80.3 cm³/mol. The lowest BCUT2D eigenvalue weighted by Gasteiger charge is -2.12. The van der Waals surface area contributed by atoms with Crippen molar-refractivity contribution in [3.8, 4) is 5.75 Å². The van der Waals surface area contributed by atoms with Crippen LogP contribution in [0.25, 0.3) is 0 Å². The summed E-state index contributed by atoms with van der Waals surface area (Å²) < 4.78 is 32.6. The highest BCUT2D eigenvalue weighted by atomic mass is 32.2. The van der Waals surface area contributed by atoms with Gasteiger partial charge in [0.1, 0.15) is 10.6 Å². The van der Waals surface area contributed by atoms with Crippen LogP contribution in [0, 0.1) is 0 Å². The maximum absolute atomic E-state index is 12.4. The summed E-state index contributed by atoms with van der Waals surface area (Å²) in [7, 11) is -3.73. The standard InChI is InChI=1S/C14H17N3O3S/c1-2-20-13-7-6-11(15)9-14(13)21(18,19)17-10-12-5-3-4-8-16-12/h3-9,17H,2,10,15H2,1H3. The molecule has 112 valence electrons. The minimum Gasteiger partial charge on any atom is -0.492 e. The number of nitrogens with one attached hydrogen (secondary N) is 1. The topological polar surface area (TPSA) is 94.3 Å². The van der Waals surface area contributed by atoms with E-state index in [4.69, 9.17) is 10.5 Å². The van der Waals surface area contributed by atoms with Crippen LogP contribution in [-0.2, 0) is 16.6 Å². The molecule has 7 heteroatoms. The Morgan fingerprint density at radius 2 is 2.10 bits per heavy atom. The minimum absolute atomic E-state index is 0.0280. The molecule has 0 unspecified atom stereocenters. The molecule has 0 spiro atoms. The molecular formula is C14H17N3O3S. The Labute approximate surface area is 124 Å². The summed E-state index contributed by atoms with van der Waals surface area (Å²) in [4.78, 5) is 4.10. The Kier molecular flexibility index (Phi) is 4.77. The second-order valence-corrected chi connectivity index (χ2v) is 6.02. The van der Waals surface area contributed by atoms with Gasteiger partial charge in [-0.05, 0) is 37.3 Å². The van der Waals surface area contributed by atoms with Crippen LogP contribution in [0.15, 0.2) is 47.5 Å². The minimum atomic E-state index is -3.73. The molecule has 1 aromatic heterocycles. The number of aromatic nitrogens is 1. The lowest BCUT2D eigenvalue weighted by Crippen LogP contribution is -2.24. The molecule has 0 bridgehead atoms. The number of anilines is 1. The van der Waals surface area contributed by atoms with Gasteiger partial charge in [0.2, 0.25) is 10.0 Å². The SMILES string of the molecule is CCOc1ccc(N)cc1S(=O)(=O)NCc1ccccn1. The molecule has 0 saturated heterocycles. The summed E-state index contributed by atoms with van der Waals surface area (Å²) in [6.45, 7) is 2.25. The van der Waals surface area contributed by atoms with Crippen LogP contribution in [0.5, 0.6) is 5.75 Å². The van der Waals surface area contributed by atoms with Crippen molar-refractivity contribution >= 4 is 15.7 Å². The zero-order chi connectivity index (χ0) is 15.3. The largest absolute Gasteiger partial charge is 0.492 e. The molecular weight excluding hydrogens is 290 g/mol. The van der Waals surface area contributed by atoms with E-state index in [9.17, 15) is 8.42 Å². The van der Waals surface area contributed by atoms with E-state index in [1.54, 1.807) is 43.5 Å². The molecule has 2 aromatic rings. The number of rotatable bonds is 6. The monoisotopic (exact) mass is 307 g/mol. The summed E-state index contributed by atoms with van der Waals surface area (Å²) in [5.41, 5.74) is 6.65. The van der Waals surface area contributed by atoms with Gasteiger partial charge in [0.15, 0.2) is 0 Å². The first-order chi connectivity index (χ1) is 10.0. The summed E-state index contributed by atoms with van der Waals surface area (Å²) in [5, 5.41) is 0. The summed E-state index contributed by atoms with van der Waals surface area (Å²) in [5.74, 6) is 0.278. The average Bonchev–Trinajstić information content (AvgIpc) is 2.48. The highest BCUT2D eigenvalue weighted by Gasteiger charge is 2.20. The number of ether oxygens (including phenoxy) is 1. The molecule has 0 saturated carbocycles. The van der Waals surface area contributed by atoms with E-state index in [0.29, 0.717) is 18.0 Å². The van der Waals surface area contributed by atoms with E-state index < -0.39 is 10.0 Å². The highest BCUT2D eigenvalue weighted by molar-refractivity contribution is 7.89. The quantitative estimate of drug-likeness (QED) is 0.789. The Bertz CT molecular complexity index is 703. The molecule has 2 rings (SSSR count).